The number of rotatable bonds is 3. The van der Waals surface area contributed by atoms with E-state index in [1.165, 1.54) is 6.42 Å². The fourth-order valence-corrected chi connectivity index (χ4v) is 3.52. The number of hydrogen-bond acceptors (Lipinski definition) is 1. The summed E-state index contributed by atoms with van der Waals surface area (Å²) in [5.74, 6) is 0.606. The molecule has 1 saturated heterocycles. The zero-order chi connectivity index (χ0) is 13.8. The average molecular weight is 365 g/mol. The predicted octanol–water partition coefficient (Wildman–Crippen LogP) is 4.73. The Morgan fingerprint density at radius 2 is 2.21 bits per heavy atom. The van der Waals surface area contributed by atoms with Crippen molar-refractivity contribution in [3.63, 3.8) is 0 Å². The van der Waals surface area contributed by atoms with E-state index in [1.807, 2.05) is 11.0 Å². The van der Waals surface area contributed by atoms with Gasteiger partial charge in [0.25, 0.3) is 5.91 Å². The standard InChI is InChI=1S/C14H16BrCl2NO/c15-10-4-5-12(13(17)9-10)14(19)18-8-2-1-3-11(18)6-7-16/h4-5,9,11H,1-3,6-8H2. The number of likely N-dealkylation sites (tertiary alicyclic amines) is 1. The topological polar surface area (TPSA) is 20.3 Å². The smallest absolute Gasteiger partial charge is 0.255 e. The molecule has 1 atom stereocenters. The van der Waals surface area contributed by atoms with Crippen LogP contribution in [0.1, 0.15) is 36.0 Å². The predicted molar refractivity (Wildman–Crippen MR) is 83.2 cm³/mol. The second kappa shape index (κ2) is 6.96. The van der Waals surface area contributed by atoms with Gasteiger partial charge in [-0.2, -0.15) is 0 Å². The Morgan fingerprint density at radius 3 is 2.89 bits per heavy atom. The van der Waals surface area contributed by atoms with Gasteiger partial charge in [0.15, 0.2) is 0 Å². The van der Waals surface area contributed by atoms with Crippen LogP contribution in [-0.4, -0.2) is 29.3 Å². The minimum Gasteiger partial charge on any atom is -0.336 e. The van der Waals surface area contributed by atoms with Crippen molar-refractivity contribution in [2.24, 2.45) is 0 Å². The molecule has 0 radical (unpaired) electrons. The highest BCUT2D eigenvalue weighted by molar-refractivity contribution is 9.10. The SMILES string of the molecule is O=C(c1ccc(Br)cc1Cl)N1CCCCC1CCCl. The molecule has 1 unspecified atom stereocenters. The van der Waals surface area contributed by atoms with Crippen molar-refractivity contribution in [3.05, 3.63) is 33.3 Å². The van der Waals surface area contributed by atoms with Crippen molar-refractivity contribution < 1.29 is 4.79 Å². The summed E-state index contributed by atoms with van der Waals surface area (Å²) in [6.07, 6.45) is 4.10. The molecule has 0 aromatic heterocycles. The number of amides is 1. The second-order valence-electron chi connectivity index (χ2n) is 4.75. The number of nitrogens with zero attached hydrogens (tertiary/aromatic N) is 1. The van der Waals surface area contributed by atoms with Crippen LogP contribution in [0.2, 0.25) is 5.02 Å². The van der Waals surface area contributed by atoms with E-state index in [9.17, 15) is 4.79 Å². The number of carbonyl (C=O) groups excluding carboxylic acids is 1. The maximum atomic E-state index is 12.6. The first-order valence-corrected chi connectivity index (χ1v) is 8.16. The molecule has 0 bridgehead atoms. The fourth-order valence-electron chi connectivity index (χ4n) is 2.51. The molecule has 1 aromatic rings. The summed E-state index contributed by atoms with van der Waals surface area (Å²) in [7, 11) is 0. The lowest BCUT2D eigenvalue weighted by atomic mass is 9.99. The number of hydrogen-bond donors (Lipinski definition) is 0. The molecule has 19 heavy (non-hydrogen) atoms. The van der Waals surface area contributed by atoms with E-state index >= 15 is 0 Å². The molecule has 1 fully saturated rings. The summed E-state index contributed by atoms with van der Waals surface area (Å²) in [5, 5.41) is 0.495. The van der Waals surface area contributed by atoms with Crippen LogP contribution < -0.4 is 0 Å². The summed E-state index contributed by atoms with van der Waals surface area (Å²) in [4.78, 5) is 14.5. The summed E-state index contributed by atoms with van der Waals surface area (Å²) >= 11 is 15.3. The maximum absolute atomic E-state index is 12.6. The highest BCUT2D eigenvalue weighted by atomic mass is 79.9. The summed E-state index contributed by atoms with van der Waals surface area (Å²) in [5.41, 5.74) is 0.575. The summed E-state index contributed by atoms with van der Waals surface area (Å²) in [6, 6.07) is 5.63. The Bertz CT molecular complexity index is 465. The van der Waals surface area contributed by atoms with Crippen LogP contribution in [0.4, 0.5) is 0 Å². The van der Waals surface area contributed by atoms with Gasteiger partial charge >= 0.3 is 0 Å². The molecule has 0 saturated carbocycles. The molecule has 104 valence electrons. The molecule has 2 rings (SSSR count). The van der Waals surface area contributed by atoms with Gasteiger partial charge < -0.3 is 4.90 Å². The molecule has 0 N–H and O–H groups in total. The van der Waals surface area contributed by atoms with Crippen molar-refractivity contribution in [2.45, 2.75) is 31.7 Å². The zero-order valence-electron chi connectivity index (χ0n) is 10.5. The van der Waals surface area contributed by atoms with Crippen molar-refractivity contribution in [1.82, 2.24) is 4.90 Å². The van der Waals surface area contributed by atoms with Crippen molar-refractivity contribution in [2.75, 3.05) is 12.4 Å². The van der Waals surface area contributed by atoms with Gasteiger partial charge in [0.1, 0.15) is 0 Å². The Hall–Kier alpha value is -0.250. The van der Waals surface area contributed by atoms with E-state index in [-0.39, 0.29) is 11.9 Å². The van der Waals surface area contributed by atoms with E-state index in [2.05, 4.69) is 15.9 Å². The third-order valence-corrected chi connectivity index (χ3v) is 4.52. The van der Waals surface area contributed by atoms with Crippen LogP contribution in [0.3, 0.4) is 0 Å². The van der Waals surface area contributed by atoms with Gasteiger partial charge in [-0.3, -0.25) is 4.79 Å². The van der Waals surface area contributed by atoms with Crippen LogP contribution in [0.5, 0.6) is 0 Å². The monoisotopic (exact) mass is 363 g/mol. The zero-order valence-corrected chi connectivity index (χ0v) is 13.6. The molecule has 1 amide bonds. The molecular formula is C14H16BrCl2NO. The Labute approximate surface area is 132 Å². The van der Waals surface area contributed by atoms with Gasteiger partial charge in [0, 0.05) is 22.9 Å². The first-order valence-electron chi connectivity index (χ1n) is 6.45. The van der Waals surface area contributed by atoms with Crippen LogP contribution >= 0.6 is 39.1 Å². The minimum absolute atomic E-state index is 0.0207. The first kappa shape index (κ1) is 15.1. The number of carbonyl (C=O) groups is 1. The Balaban J connectivity index is 2.21. The van der Waals surface area contributed by atoms with Gasteiger partial charge in [-0.05, 0) is 43.9 Å². The minimum atomic E-state index is 0.0207. The number of benzene rings is 1. The van der Waals surface area contributed by atoms with Crippen LogP contribution in [0.15, 0.2) is 22.7 Å². The largest absolute Gasteiger partial charge is 0.336 e. The molecule has 5 heteroatoms. The van der Waals surface area contributed by atoms with Gasteiger partial charge in [-0.1, -0.05) is 27.5 Å². The average Bonchev–Trinajstić information content (AvgIpc) is 2.39. The Morgan fingerprint density at radius 1 is 1.42 bits per heavy atom. The summed E-state index contributed by atoms with van der Waals surface area (Å²) in [6.45, 7) is 0.798. The highest BCUT2D eigenvalue weighted by Gasteiger charge is 2.27. The van der Waals surface area contributed by atoms with E-state index in [0.29, 0.717) is 16.5 Å². The molecule has 0 spiro atoms. The van der Waals surface area contributed by atoms with Crippen LogP contribution in [0.25, 0.3) is 0 Å². The lowest BCUT2D eigenvalue weighted by molar-refractivity contribution is 0.0609. The van der Waals surface area contributed by atoms with Crippen LogP contribution in [0, 0.1) is 0 Å². The van der Waals surface area contributed by atoms with E-state index in [0.717, 1.165) is 30.3 Å². The van der Waals surface area contributed by atoms with Crippen molar-refractivity contribution in [3.8, 4) is 0 Å². The van der Waals surface area contributed by atoms with E-state index < -0.39 is 0 Å². The van der Waals surface area contributed by atoms with Gasteiger partial charge in [0.05, 0.1) is 10.6 Å². The van der Waals surface area contributed by atoms with Crippen molar-refractivity contribution in [1.29, 1.82) is 0 Å². The van der Waals surface area contributed by atoms with Gasteiger partial charge in [0.2, 0.25) is 0 Å². The molecular weight excluding hydrogens is 349 g/mol. The number of halogens is 3. The molecule has 0 aliphatic carbocycles. The Kier molecular flexibility index (Phi) is 5.55. The molecule has 1 aliphatic heterocycles. The molecule has 1 aliphatic rings. The first-order chi connectivity index (χ1) is 9.13. The van der Waals surface area contributed by atoms with Gasteiger partial charge in [-0.15, -0.1) is 11.6 Å². The number of alkyl halides is 1. The molecule has 2 nitrogen and oxygen atoms in total. The van der Waals surface area contributed by atoms with Crippen LogP contribution in [-0.2, 0) is 0 Å². The van der Waals surface area contributed by atoms with E-state index in [1.54, 1.807) is 12.1 Å². The summed E-state index contributed by atoms with van der Waals surface area (Å²) < 4.78 is 0.880. The molecule has 1 heterocycles. The lowest BCUT2D eigenvalue weighted by Crippen LogP contribution is -2.44. The second-order valence-corrected chi connectivity index (χ2v) is 6.45. The maximum Gasteiger partial charge on any atom is 0.255 e. The van der Waals surface area contributed by atoms with Crippen molar-refractivity contribution >= 4 is 45.0 Å². The third-order valence-electron chi connectivity index (χ3n) is 3.49. The number of piperidine rings is 1. The quantitative estimate of drug-likeness (QED) is 0.710. The highest BCUT2D eigenvalue weighted by Crippen LogP contribution is 2.27. The normalized spacial score (nSPS) is 19.5. The van der Waals surface area contributed by atoms with Gasteiger partial charge in [-0.25, -0.2) is 0 Å². The fraction of sp³-hybridized carbons (Fsp3) is 0.500. The molecule has 1 aromatic carbocycles. The van der Waals surface area contributed by atoms with E-state index in [4.69, 9.17) is 23.2 Å². The lowest BCUT2D eigenvalue weighted by Gasteiger charge is -2.35. The third kappa shape index (κ3) is 3.65.